The molecule has 0 unspecified atom stereocenters. The van der Waals surface area contributed by atoms with E-state index in [1.165, 1.54) is 13.0 Å². The maximum Gasteiger partial charge on any atom is 0.349 e. The Morgan fingerprint density at radius 2 is 2.03 bits per heavy atom. The number of amides is 1. The van der Waals surface area contributed by atoms with Crippen LogP contribution in [0.25, 0.3) is 11.0 Å². The Morgan fingerprint density at radius 3 is 2.70 bits per heavy atom. The Balaban J connectivity index is 1.46. The Hall–Kier alpha value is -3.43. The maximum absolute atomic E-state index is 12.8. The number of likely N-dealkylation sites (tertiary alicyclic amines) is 1. The topological polar surface area (TPSA) is 126 Å². The molecule has 33 heavy (non-hydrogen) atoms. The first-order chi connectivity index (χ1) is 15.7. The summed E-state index contributed by atoms with van der Waals surface area (Å²) in [6.45, 7) is 3.72. The van der Waals surface area contributed by atoms with E-state index in [1.54, 1.807) is 0 Å². The Morgan fingerprint density at radius 1 is 1.30 bits per heavy atom. The second kappa shape index (κ2) is 9.21. The number of nitrogens with zero attached hydrogens (tertiary/aromatic N) is 2. The van der Waals surface area contributed by atoms with Gasteiger partial charge in [0.1, 0.15) is 11.1 Å². The zero-order valence-corrected chi connectivity index (χ0v) is 18.6. The zero-order valence-electron chi connectivity index (χ0n) is 17.8. The smallest absolute Gasteiger partial charge is 0.349 e. The fraction of sp³-hybridized carbons (Fsp3) is 0.304. The number of fused-ring (bicyclic) bond motifs is 1. The zero-order chi connectivity index (χ0) is 23.7. The first-order valence-electron chi connectivity index (χ1n) is 10.5. The number of aryl methyl sites for hydroxylation is 1. The number of rotatable bonds is 5. The van der Waals surface area contributed by atoms with Crippen LogP contribution in [0.2, 0.25) is 5.02 Å². The van der Waals surface area contributed by atoms with Crippen LogP contribution in [0.15, 0.2) is 45.6 Å². The van der Waals surface area contributed by atoms with Crippen molar-refractivity contribution in [2.75, 3.05) is 13.1 Å². The van der Waals surface area contributed by atoms with Crippen molar-refractivity contribution in [2.45, 2.75) is 32.4 Å². The van der Waals surface area contributed by atoms with Crippen molar-refractivity contribution in [3.63, 3.8) is 0 Å². The van der Waals surface area contributed by atoms with Gasteiger partial charge in [0, 0.05) is 47.7 Å². The van der Waals surface area contributed by atoms with E-state index >= 15 is 0 Å². The molecule has 2 heterocycles. The molecule has 0 atom stereocenters. The van der Waals surface area contributed by atoms with Crippen LogP contribution in [0.5, 0.6) is 5.75 Å². The Bertz CT molecular complexity index is 1300. The molecular formula is C23H22ClN3O6. The van der Waals surface area contributed by atoms with Crippen LogP contribution < -0.4 is 10.9 Å². The summed E-state index contributed by atoms with van der Waals surface area (Å²) < 4.78 is 5.22. The molecule has 4 rings (SSSR count). The van der Waals surface area contributed by atoms with Crippen molar-refractivity contribution in [3.05, 3.63) is 78.6 Å². The van der Waals surface area contributed by atoms with Crippen molar-refractivity contribution in [1.29, 1.82) is 0 Å². The van der Waals surface area contributed by atoms with Gasteiger partial charge in [-0.05, 0) is 43.5 Å². The lowest BCUT2D eigenvalue weighted by molar-refractivity contribution is -0.385. The highest BCUT2D eigenvalue weighted by Gasteiger charge is 2.25. The average molecular weight is 472 g/mol. The van der Waals surface area contributed by atoms with Crippen LogP contribution in [0, 0.1) is 17.0 Å². The van der Waals surface area contributed by atoms with Crippen LogP contribution in [-0.2, 0) is 6.54 Å². The summed E-state index contributed by atoms with van der Waals surface area (Å²) in [7, 11) is 0. The van der Waals surface area contributed by atoms with E-state index in [9.17, 15) is 24.8 Å². The SMILES string of the molecule is Cc1c(O)c([N+](=O)[O-])cc2cc(C(=O)NC3CCN(Cc4cccc(Cl)c4)CC3)c(=O)oc12. The minimum atomic E-state index is -0.866. The molecule has 0 radical (unpaired) electrons. The number of halogens is 1. The van der Waals surface area contributed by atoms with Gasteiger partial charge in [-0.2, -0.15) is 0 Å². The molecule has 1 fully saturated rings. The number of benzene rings is 2. The maximum atomic E-state index is 12.8. The molecule has 0 saturated carbocycles. The van der Waals surface area contributed by atoms with Crippen LogP contribution >= 0.6 is 11.6 Å². The van der Waals surface area contributed by atoms with Gasteiger partial charge in [-0.15, -0.1) is 0 Å². The highest BCUT2D eigenvalue weighted by atomic mass is 35.5. The summed E-state index contributed by atoms with van der Waals surface area (Å²) in [5, 5.41) is 24.9. The minimum absolute atomic E-state index is 0.00831. The molecule has 0 aliphatic carbocycles. The van der Waals surface area contributed by atoms with Crippen molar-refractivity contribution >= 4 is 34.2 Å². The molecule has 2 aromatic carbocycles. The fourth-order valence-electron chi connectivity index (χ4n) is 4.09. The lowest BCUT2D eigenvalue weighted by atomic mass is 10.0. The van der Waals surface area contributed by atoms with Crippen molar-refractivity contribution in [1.82, 2.24) is 10.2 Å². The third-order valence-corrected chi connectivity index (χ3v) is 6.10. The van der Waals surface area contributed by atoms with E-state index in [0.717, 1.165) is 31.3 Å². The van der Waals surface area contributed by atoms with E-state index in [-0.39, 0.29) is 28.1 Å². The number of nitrogens with one attached hydrogen (secondary N) is 1. The molecule has 1 aliphatic heterocycles. The van der Waals surface area contributed by atoms with Gasteiger partial charge >= 0.3 is 11.3 Å². The highest BCUT2D eigenvalue weighted by Crippen LogP contribution is 2.35. The van der Waals surface area contributed by atoms with Crippen molar-refractivity contribution in [3.8, 4) is 5.75 Å². The first-order valence-corrected chi connectivity index (χ1v) is 10.8. The minimum Gasteiger partial charge on any atom is -0.502 e. The van der Waals surface area contributed by atoms with Crippen molar-refractivity contribution < 1.29 is 19.2 Å². The second-order valence-corrected chi connectivity index (χ2v) is 8.58. The van der Waals surface area contributed by atoms with Crippen LogP contribution in [0.1, 0.15) is 34.3 Å². The Kier molecular flexibility index (Phi) is 6.35. The van der Waals surface area contributed by atoms with E-state index in [2.05, 4.69) is 10.2 Å². The molecule has 1 amide bonds. The normalized spacial score (nSPS) is 15.0. The van der Waals surface area contributed by atoms with Gasteiger partial charge < -0.3 is 14.8 Å². The van der Waals surface area contributed by atoms with E-state index in [0.29, 0.717) is 17.9 Å². The average Bonchev–Trinajstić information content (AvgIpc) is 2.77. The lowest BCUT2D eigenvalue weighted by Crippen LogP contribution is -2.45. The standard InChI is InChI=1S/C23H22ClN3O6/c1-13-20(28)19(27(31)32)11-15-10-18(23(30)33-21(13)15)22(29)25-17-5-7-26(8-6-17)12-14-3-2-4-16(24)9-14/h2-4,9-11,17,28H,5-8,12H2,1H3,(H,25,29). The molecule has 2 N–H and O–H groups in total. The van der Waals surface area contributed by atoms with Gasteiger partial charge in [0.05, 0.1) is 4.92 Å². The number of phenols is 1. The molecule has 1 aromatic heterocycles. The molecule has 0 spiro atoms. The van der Waals surface area contributed by atoms with E-state index in [4.69, 9.17) is 16.0 Å². The third-order valence-electron chi connectivity index (χ3n) is 5.87. The number of hydrogen-bond donors (Lipinski definition) is 2. The number of carbonyl (C=O) groups is 1. The summed E-state index contributed by atoms with van der Waals surface area (Å²) in [5.74, 6) is -1.16. The van der Waals surface area contributed by atoms with Crippen LogP contribution in [0.4, 0.5) is 5.69 Å². The summed E-state index contributed by atoms with van der Waals surface area (Å²) in [6, 6.07) is 9.94. The Labute approximate surface area is 193 Å². The molecule has 1 saturated heterocycles. The number of carbonyl (C=O) groups excluding carboxylic acids is 1. The van der Waals surface area contributed by atoms with Gasteiger partial charge in [-0.3, -0.25) is 19.8 Å². The molecule has 1 aliphatic rings. The van der Waals surface area contributed by atoms with Gasteiger partial charge in [0.25, 0.3) is 5.91 Å². The van der Waals surface area contributed by atoms with Gasteiger partial charge in [0.2, 0.25) is 5.75 Å². The molecule has 9 nitrogen and oxygen atoms in total. The van der Waals surface area contributed by atoms with E-state index < -0.39 is 27.9 Å². The van der Waals surface area contributed by atoms with Gasteiger partial charge in [0.15, 0.2) is 0 Å². The predicted octanol–water partition coefficient (Wildman–Crippen LogP) is 3.76. The number of phenolic OH excluding ortho intramolecular Hbond substituents is 1. The summed E-state index contributed by atoms with van der Waals surface area (Å²) in [4.78, 5) is 37.9. The summed E-state index contributed by atoms with van der Waals surface area (Å²) in [5.41, 5.74) is -0.427. The fourth-order valence-corrected chi connectivity index (χ4v) is 4.30. The predicted molar refractivity (Wildman–Crippen MR) is 123 cm³/mol. The highest BCUT2D eigenvalue weighted by molar-refractivity contribution is 6.30. The molecule has 10 heteroatoms. The largest absolute Gasteiger partial charge is 0.502 e. The van der Waals surface area contributed by atoms with Crippen LogP contribution in [-0.4, -0.2) is 40.0 Å². The molecule has 172 valence electrons. The van der Waals surface area contributed by atoms with Crippen molar-refractivity contribution in [2.24, 2.45) is 0 Å². The number of aromatic hydroxyl groups is 1. The molecule has 0 bridgehead atoms. The van der Waals surface area contributed by atoms with Crippen LogP contribution in [0.3, 0.4) is 0 Å². The number of nitro benzene ring substituents is 1. The third kappa shape index (κ3) is 4.84. The van der Waals surface area contributed by atoms with E-state index in [1.807, 2.05) is 24.3 Å². The second-order valence-electron chi connectivity index (χ2n) is 8.15. The summed E-state index contributed by atoms with van der Waals surface area (Å²) in [6.07, 6.45) is 1.42. The number of piperidine rings is 1. The number of nitro groups is 1. The van der Waals surface area contributed by atoms with Gasteiger partial charge in [-0.25, -0.2) is 4.79 Å². The lowest BCUT2D eigenvalue weighted by Gasteiger charge is -2.32. The van der Waals surface area contributed by atoms with Gasteiger partial charge in [-0.1, -0.05) is 23.7 Å². The number of hydrogen-bond acceptors (Lipinski definition) is 7. The quantitative estimate of drug-likeness (QED) is 0.329. The monoisotopic (exact) mass is 471 g/mol. The molecule has 3 aromatic rings. The molecular weight excluding hydrogens is 450 g/mol. The summed E-state index contributed by atoms with van der Waals surface area (Å²) >= 11 is 6.05. The first kappa shape index (κ1) is 22.8.